The first kappa shape index (κ1) is 16.0. The number of hydrogen-bond acceptors (Lipinski definition) is 0. The van der Waals surface area contributed by atoms with Crippen LogP contribution in [-0.2, 0) is 0 Å². The quantitative estimate of drug-likeness (QED) is 0.514. The van der Waals surface area contributed by atoms with Crippen LogP contribution in [0, 0.1) is 19.8 Å². The largest absolute Gasteiger partial charge is 0.0840 e. The lowest BCUT2D eigenvalue weighted by atomic mass is 9.90. The summed E-state index contributed by atoms with van der Waals surface area (Å²) in [6.07, 6.45) is 5.02. The maximum atomic E-state index is 6.40. The highest BCUT2D eigenvalue weighted by Crippen LogP contribution is 2.40. The molecule has 0 N–H and O–H groups in total. The molecule has 0 bridgehead atoms. The normalized spacial score (nSPS) is 14.6. The third kappa shape index (κ3) is 3.99. The molecule has 0 aliphatic rings. The fraction of sp³-hybridized carbons (Fsp3) is 0.625. The Balaban J connectivity index is 2.94. The molecular weight excluding hydrogens is 308 g/mol. The number of unbranched alkanes of at least 4 members (excludes halogenated alkanes) is 1. The van der Waals surface area contributed by atoms with E-state index in [1.165, 1.54) is 42.4 Å². The second-order valence-electron chi connectivity index (χ2n) is 5.17. The molecule has 1 aromatic rings. The van der Waals surface area contributed by atoms with Crippen LogP contribution in [0.5, 0.6) is 0 Å². The topological polar surface area (TPSA) is 0 Å². The van der Waals surface area contributed by atoms with Crippen molar-refractivity contribution in [3.8, 4) is 0 Å². The lowest BCUT2D eigenvalue weighted by molar-refractivity contribution is 0.446. The van der Waals surface area contributed by atoms with Gasteiger partial charge in [-0.25, -0.2) is 0 Å². The van der Waals surface area contributed by atoms with E-state index in [4.69, 9.17) is 11.6 Å². The molecule has 0 aliphatic carbocycles. The van der Waals surface area contributed by atoms with E-state index in [2.05, 4.69) is 55.8 Å². The molecule has 0 aliphatic heterocycles. The predicted molar refractivity (Wildman–Crippen MR) is 85.9 cm³/mol. The van der Waals surface area contributed by atoms with Crippen molar-refractivity contribution >= 4 is 27.5 Å². The highest BCUT2D eigenvalue weighted by molar-refractivity contribution is 9.09. The van der Waals surface area contributed by atoms with Gasteiger partial charge in [0.1, 0.15) is 0 Å². The Hall–Kier alpha value is -0.0100. The van der Waals surface area contributed by atoms with E-state index >= 15 is 0 Å². The zero-order valence-electron chi connectivity index (χ0n) is 11.9. The minimum atomic E-state index is 0.376. The molecule has 2 unspecified atom stereocenters. The molecule has 2 heteroatoms. The van der Waals surface area contributed by atoms with Crippen LogP contribution >= 0.6 is 27.5 Å². The molecule has 102 valence electrons. The number of halogens is 2. The summed E-state index contributed by atoms with van der Waals surface area (Å²) in [6.45, 7) is 8.78. The maximum Gasteiger partial charge on any atom is 0.0452 e. The fourth-order valence-electron chi connectivity index (χ4n) is 2.29. The Morgan fingerprint density at radius 1 is 1.17 bits per heavy atom. The molecule has 1 rings (SSSR count). The summed E-state index contributed by atoms with van der Waals surface area (Å²) < 4.78 is 0. The molecule has 18 heavy (non-hydrogen) atoms. The number of rotatable bonds is 6. The second kappa shape index (κ2) is 7.55. The summed E-state index contributed by atoms with van der Waals surface area (Å²) in [5, 5.41) is 0.898. The van der Waals surface area contributed by atoms with Crippen LogP contribution in [-0.4, -0.2) is 0 Å². The van der Waals surface area contributed by atoms with Gasteiger partial charge in [0.25, 0.3) is 0 Å². The molecule has 0 fully saturated rings. The van der Waals surface area contributed by atoms with Crippen molar-refractivity contribution in [2.75, 3.05) is 0 Å². The summed E-state index contributed by atoms with van der Waals surface area (Å²) >= 11 is 10.3. The monoisotopic (exact) mass is 330 g/mol. The van der Waals surface area contributed by atoms with E-state index in [1.54, 1.807) is 0 Å². The molecule has 0 heterocycles. The van der Waals surface area contributed by atoms with Crippen LogP contribution < -0.4 is 0 Å². The highest BCUT2D eigenvalue weighted by atomic mass is 79.9. The second-order valence-corrected chi connectivity index (χ2v) is 6.56. The summed E-state index contributed by atoms with van der Waals surface area (Å²) in [4.78, 5) is 0.376. The van der Waals surface area contributed by atoms with E-state index in [-0.39, 0.29) is 0 Å². The van der Waals surface area contributed by atoms with Crippen LogP contribution in [0.2, 0.25) is 5.02 Å². The van der Waals surface area contributed by atoms with Crippen molar-refractivity contribution in [3.05, 3.63) is 33.8 Å². The van der Waals surface area contributed by atoms with Gasteiger partial charge >= 0.3 is 0 Å². The highest BCUT2D eigenvalue weighted by Gasteiger charge is 2.21. The molecular formula is C16H24BrCl. The van der Waals surface area contributed by atoms with Gasteiger partial charge in [0, 0.05) is 9.85 Å². The Labute approximate surface area is 125 Å². The van der Waals surface area contributed by atoms with Gasteiger partial charge in [0.05, 0.1) is 0 Å². The molecule has 0 saturated carbocycles. The van der Waals surface area contributed by atoms with Crippen molar-refractivity contribution in [3.63, 3.8) is 0 Å². The molecule has 2 atom stereocenters. The molecule has 0 saturated heterocycles. The predicted octanol–water partition coefficient (Wildman–Crippen LogP) is 6.61. The lowest BCUT2D eigenvalue weighted by Gasteiger charge is -2.23. The van der Waals surface area contributed by atoms with Gasteiger partial charge in [0.15, 0.2) is 0 Å². The summed E-state index contributed by atoms with van der Waals surface area (Å²) in [7, 11) is 0. The number of aryl methyl sites for hydroxylation is 2. The van der Waals surface area contributed by atoms with Crippen molar-refractivity contribution in [2.24, 2.45) is 5.92 Å². The Bertz CT molecular complexity index is 387. The average Bonchev–Trinajstić information content (AvgIpc) is 2.34. The van der Waals surface area contributed by atoms with Gasteiger partial charge in [-0.2, -0.15) is 0 Å². The van der Waals surface area contributed by atoms with Crippen molar-refractivity contribution in [1.82, 2.24) is 0 Å². The zero-order valence-corrected chi connectivity index (χ0v) is 14.2. The number of alkyl halides is 1. The molecule has 0 spiro atoms. The first-order valence-corrected chi connectivity index (χ1v) is 8.21. The first-order valence-electron chi connectivity index (χ1n) is 6.91. The van der Waals surface area contributed by atoms with Gasteiger partial charge in [-0.15, -0.1) is 0 Å². The molecule has 0 aromatic heterocycles. The van der Waals surface area contributed by atoms with E-state index in [9.17, 15) is 0 Å². The zero-order chi connectivity index (χ0) is 13.7. The first-order chi connectivity index (χ1) is 8.51. The van der Waals surface area contributed by atoms with E-state index < -0.39 is 0 Å². The molecule has 0 radical (unpaired) electrons. The molecule has 0 amide bonds. The standard InChI is InChI=1S/C16H24BrCl/c1-5-7-8-13(6-2)16(17)14-9-11(3)12(4)10-15(14)18/h9-10,13,16H,5-8H2,1-4H3. The van der Waals surface area contributed by atoms with Crippen molar-refractivity contribution in [1.29, 1.82) is 0 Å². The van der Waals surface area contributed by atoms with Gasteiger partial charge in [-0.3, -0.25) is 0 Å². The SMILES string of the molecule is CCCCC(CC)C(Br)c1cc(C)c(C)cc1Cl. The minimum Gasteiger partial charge on any atom is -0.0840 e. The third-order valence-corrected chi connectivity index (χ3v) is 5.35. The Kier molecular flexibility index (Phi) is 6.73. The van der Waals surface area contributed by atoms with E-state index in [0.717, 1.165) is 5.02 Å². The maximum absolute atomic E-state index is 6.40. The van der Waals surface area contributed by atoms with Gasteiger partial charge < -0.3 is 0 Å². The van der Waals surface area contributed by atoms with Gasteiger partial charge in [0.2, 0.25) is 0 Å². The summed E-state index contributed by atoms with van der Waals surface area (Å²) in [5.41, 5.74) is 3.84. The van der Waals surface area contributed by atoms with Crippen LogP contribution in [0.1, 0.15) is 61.0 Å². The molecule has 0 nitrogen and oxygen atoms in total. The average molecular weight is 332 g/mol. The van der Waals surface area contributed by atoms with Crippen molar-refractivity contribution in [2.45, 2.75) is 58.2 Å². The molecule has 1 aromatic carbocycles. The smallest absolute Gasteiger partial charge is 0.0452 e. The van der Waals surface area contributed by atoms with Crippen LogP contribution in [0.15, 0.2) is 12.1 Å². The van der Waals surface area contributed by atoms with E-state index in [0.29, 0.717) is 10.7 Å². The van der Waals surface area contributed by atoms with Gasteiger partial charge in [-0.05, 0) is 48.9 Å². The summed E-state index contributed by atoms with van der Waals surface area (Å²) in [5.74, 6) is 0.671. The third-order valence-electron chi connectivity index (χ3n) is 3.78. The van der Waals surface area contributed by atoms with Crippen LogP contribution in [0.25, 0.3) is 0 Å². The minimum absolute atomic E-state index is 0.376. The number of benzene rings is 1. The number of hydrogen-bond donors (Lipinski definition) is 0. The lowest BCUT2D eigenvalue weighted by Crippen LogP contribution is -2.08. The van der Waals surface area contributed by atoms with Gasteiger partial charge in [-0.1, -0.05) is 66.7 Å². The Morgan fingerprint density at radius 2 is 1.78 bits per heavy atom. The summed E-state index contributed by atoms with van der Waals surface area (Å²) in [6, 6.07) is 4.33. The Morgan fingerprint density at radius 3 is 2.33 bits per heavy atom. The van der Waals surface area contributed by atoms with Crippen molar-refractivity contribution < 1.29 is 0 Å². The van der Waals surface area contributed by atoms with E-state index in [1.807, 2.05) is 0 Å². The fourth-order valence-corrected chi connectivity index (χ4v) is 3.78. The van der Waals surface area contributed by atoms with Crippen LogP contribution in [0.4, 0.5) is 0 Å². The van der Waals surface area contributed by atoms with Crippen LogP contribution in [0.3, 0.4) is 0 Å².